The van der Waals surface area contributed by atoms with Crippen LogP contribution in [0.25, 0.3) is 33.0 Å². The monoisotopic (exact) mass is 326 g/mol. The molecule has 0 bridgehead atoms. The van der Waals surface area contributed by atoms with Gasteiger partial charge in [0.2, 0.25) is 0 Å². The summed E-state index contributed by atoms with van der Waals surface area (Å²) in [6.07, 6.45) is 2.11. The number of rotatable bonds is 3. The quantitative estimate of drug-likeness (QED) is 0.369. The van der Waals surface area contributed by atoms with E-state index >= 15 is 0 Å². The Morgan fingerprint density at radius 3 is 2.04 bits per heavy atom. The Hall–Kier alpha value is -2.51. The summed E-state index contributed by atoms with van der Waals surface area (Å²) >= 11 is 1.78. The van der Waals surface area contributed by atoms with Crippen LogP contribution < -0.4 is 0 Å². The second kappa shape index (κ2) is 6.54. The lowest BCUT2D eigenvalue weighted by molar-refractivity contribution is 1.46. The number of benzene rings is 4. The average molecular weight is 326 g/mol. The molecule has 0 nitrogen and oxygen atoms in total. The van der Waals surface area contributed by atoms with Crippen molar-refractivity contribution < 1.29 is 0 Å². The summed E-state index contributed by atoms with van der Waals surface area (Å²) in [5.74, 6) is 0. The van der Waals surface area contributed by atoms with Gasteiger partial charge in [-0.15, -0.1) is 11.8 Å². The first-order valence-electron chi connectivity index (χ1n) is 8.08. The van der Waals surface area contributed by atoms with Crippen molar-refractivity contribution in [1.82, 2.24) is 0 Å². The van der Waals surface area contributed by atoms with E-state index in [2.05, 4.69) is 97.3 Å². The van der Waals surface area contributed by atoms with Crippen LogP contribution in [0.15, 0.2) is 95.9 Å². The van der Waals surface area contributed by atoms with Crippen molar-refractivity contribution in [3.8, 4) is 22.3 Å². The van der Waals surface area contributed by atoms with E-state index < -0.39 is 0 Å². The third kappa shape index (κ3) is 2.83. The Bertz CT molecular complexity index is 970. The van der Waals surface area contributed by atoms with Gasteiger partial charge >= 0.3 is 0 Å². The van der Waals surface area contributed by atoms with Crippen molar-refractivity contribution in [3.63, 3.8) is 0 Å². The van der Waals surface area contributed by atoms with E-state index in [1.165, 1.54) is 37.9 Å². The molecule has 116 valence electrons. The smallest absolute Gasteiger partial charge is 0.00695 e. The van der Waals surface area contributed by atoms with Crippen molar-refractivity contribution in [3.05, 3.63) is 91.0 Å². The first-order valence-corrected chi connectivity index (χ1v) is 9.30. The highest BCUT2D eigenvalue weighted by Gasteiger charge is 2.07. The molecule has 0 N–H and O–H groups in total. The number of hydrogen-bond donors (Lipinski definition) is 0. The average Bonchev–Trinajstić information content (AvgIpc) is 2.68. The summed E-state index contributed by atoms with van der Waals surface area (Å²) in [7, 11) is 0. The van der Waals surface area contributed by atoms with Gasteiger partial charge in [0, 0.05) is 4.90 Å². The largest absolute Gasteiger partial charge is 0.130 e. The Labute approximate surface area is 147 Å². The molecule has 4 rings (SSSR count). The maximum absolute atomic E-state index is 2.31. The fraction of sp³-hybridized carbons (Fsp3) is 0.0435. The van der Waals surface area contributed by atoms with Gasteiger partial charge in [-0.05, 0) is 63.5 Å². The zero-order valence-corrected chi connectivity index (χ0v) is 14.4. The molecule has 0 aliphatic heterocycles. The summed E-state index contributed by atoms with van der Waals surface area (Å²) in [5.41, 5.74) is 5.07. The van der Waals surface area contributed by atoms with E-state index in [1.807, 2.05) is 0 Å². The van der Waals surface area contributed by atoms with E-state index in [4.69, 9.17) is 0 Å². The van der Waals surface area contributed by atoms with Gasteiger partial charge in [-0.2, -0.15) is 0 Å². The minimum Gasteiger partial charge on any atom is -0.130 e. The van der Waals surface area contributed by atoms with Gasteiger partial charge in [0.25, 0.3) is 0 Å². The molecule has 0 saturated heterocycles. The number of fused-ring (bicyclic) bond motifs is 1. The van der Waals surface area contributed by atoms with E-state index in [-0.39, 0.29) is 0 Å². The molecule has 0 aliphatic rings. The van der Waals surface area contributed by atoms with Gasteiger partial charge in [-0.1, -0.05) is 66.7 Å². The zero-order chi connectivity index (χ0) is 16.4. The Kier molecular flexibility index (Phi) is 4.10. The van der Waals surface area contributed by atoms with Gasteiger partial charge in [-0.3, -0.25) is 0 Å². The molecule has 0 heterocycles. The van der Waals surface area contributed by atoms with Crippen molar-refractivity contribution >= 4 is 22.5 Å². The molecule has 0 amide bonds. The maximum Gasteiger partial charge on any atom is 0.00695 e. The van der Waals surface area contributed by atoms with Gasteiger partial charge in [-0.25, -0.2) is 0 Å². The van der Waals surface area contributed by atoms with Crippen LogP contribution in [0.5, 0.6) is 0 Å². The van der Waals surface area contributed by atoms with Crippen LogP contribution in [0.2, 0.25) is 0 Å². The molecule has 4 aromatic carbocycles. The van der Waals surface area contributed by atoms with Crippen LogP contribution in [0.3, 0.4) is 0 Å². The molecule has 0 spiro atoms. The third-order valence-corrected chi connectivity index (χ3v) is 5.11. The zero-order valence-electron chi connectivity index (χ0n) is 13.6. The topological polar surface area (TPSA) is 0 Å². The summed E-state index contributed by atoms with van der Waals surface area (Å²) in [5, 5.41) is 2.58. The van der Waals surface area contributed by atoms with E-state index in [9.17, 15) is 0 Å². The van der Waals surface area contributed by atoms with E-state index in [1.54, 1.807) is 11.8 Å². The van der Waals surface area contributed by atoms with E-state index in [0.717, 1.165) is 0 Å². The predicted octanol–water partition coefficient (Wildman–Crippen LogP) is 6.90. The minimum atomic E-state index is 1.26. The van der Waals surface area contributed by atoms with Crippen LogP contribution in [-0.2, 0) is 0 Å². The molecule has 0 aromatic heterocycles. The fourth-order valence-corrected chi connectivity index (χ4v) is 3.53. The van der Waals surface area contributed by atoms with Crippen molar-refractivity contribution in [2.24, 2.45) is 0 Å². The first-order chi connectivity index (χ1) is 11.8. The fourth-order valence-electron chi connectivity index (χ4n) is 3.12. The number of thioether (sulfide) groups is 1. The van der Waals surface area contributed by atoms with Gasteiger partial charge in [0.05, 0.1) is 0 Å². The summed E-state index contributed by atoms with van der Waals surface area (Å²) in [6, 6.07) is 32.7. The summed E-state index contributed by atoms with van der Waals surface area (Å²) < 4.78 is 0. The second-order valence-electron chi connectivity index (χ2n) is 5.84. The van der Waals surface area contributed by atoms with Gasteiger partial charge < -0.3 is 0 Å². The molecule has 24 heavy (non-hydrogen) atoms. The maximum atomic E-state index is 2.31. The van der Waals surface area contributed by atoms with Gasteiger partial charge in [0.1, 0.15) is 0 Å². The molecular weight excluding hydrogens is 308 g/mol. The highest BCUT2D eigenvalue weighted by Crippen LogP contribution is 2.34. The van der Waals surface area contributed by atoms with Crippen molar-refractivity contribution in [2.75, 3.05) is 6.26 Å². The first kappa shape index (κ1) is 15.0. The molecule has 0 atom stereocenters. The Balaban J connectivity index is 1.94. The molecule has 0 radical (unpaired) electrons. The highest BCUT2D eigenvalue weighted by atomic mass is 32.2. The molecule has 1 heteroatoms. The predicted molar refractivity (Wildman–Crippen MR) is 107 cm³/mol. The lowest BCUT2D eigenvalue weighted by Crippen LogP contribution is -1.85. The van der Waals surface area contributed by atoms with Crippen LogP contribution in [0, 0.1) is 0 Å². The SMILES string of the molecule is CSc1ccc(-c2cc(-c3ccccc3)c3ccccc3c2)cc1. The third-order valence-electron chi connectivity index (χ3n) is 4.37. The van der Waals surface area contributed by atoms with Crippen LogP contribution in [0.4, 0.5) is 0 Å². The Morgan fingerprint density at radius 2 is 1.29 bits per heavy atom. The molecule has 0 saturated carbocycles. The molecule has 4 aromatic rings. The van der Waals surface area contributed by atoms with Crippen LogP contribution >= 0.6 is 11.8 Å². The highest BCUT2D eigenvalue weighted by molar-refractivity contribution is 7.98. The molecule has 0 aliphatic carbocycles. The Morgan fingerprint density at radius 1 is 0.583 bits per heavy atom. The van der Waals surface area contributed by atoms with E-state index in [0.29, 0.717) is 0 Å². The van der Waals surface area contributed by atoms with Gasteiger partial charge in [0.15, 0.2) is 0 Å². The standard InChI is InChI=1S/C23H18S/c1-24-21-13-11-17(12-14-21)20-15-19-9-5-6-10-22(19)23(16-20)18-7-3-2-4-8-18/h2-16H,1H3. The second-order valence-corrected chi connectivity index (χ2v) is 6.72. The normalized spacial score (nSPS) is 10.9. The minimum absolute atomic E-state index is 1.26. The molecular formula is C23H18S. The van der Waals surface area contributed by atoms with Crippen molar-refractivity contribution in [2.45, 2.75) is 4.90 Å². The lowest BCUT2D eigenvalue weighted by Gasteiger charge is -2.11. The molecule has 0 unspecified atom stereocenters. The number of hydrogen-bond acceptors (Lipinski definition) is 1. The van der Waals surface area contributed by atoms with Crippen LogP contribution in [-0.4, -0.2) is 6.26 Å². The summed E-state index contributed by atoms with van der Waals surface area (Å²) in [4.78, 5) is 1.29. The van der Waals surface area contributed by atoms with Crippen LogP contribution in [0.1, 0.15) is 0 Å². The summed E-state index contributed by atoms with van der Waals surface area (Å²) in [6.45, 7) is 0. The van der Waals surface area contributed by atoms with Crippen molar-refractivity contribution in [1.29, 1.82) is 0 Å². The molecule has 0 fully saturated rings. The lowest BCUT2D eigenvalue weighted by atomic mass is 9.93.